The monoisotopic (exact) mass is 344 g/mol. The van der Waals surface area contributed by atoms with Crippen LogP contribution in [0.2, 0.25) is 0 Å². The molecule has 1 aromatic carbocycles. The van der Waals surface area contributed by atoms with E-state index in [4.69, 9.17) is 5.11 Å². The van der Waals surface area contributed by atoms with E-state index in [-0.39, 0.29) is 17.0 Å². The molecule has 2 amide bonds. The summed E-state index contributed by atoms with van der Waals surface area (Å²) in [4.78, 5) is 24.5. The highest BCUT2D eigenvalue weighted by Crippen LogP contribution is 2.21. The number of carbonyl (C=O) groups excluding carboxylic acids is 1. The highest BCUT2D eigenvalue weighted by Gasteiger charge is 2.28. The minimum atomic E-state index is -0.882. The number of benzene rings is 1. The number of nitrogens with zero attached hydrogens (tertiary/aromatic N) is 1. The summed E-state index contributed by atoms with van der Waals surface area (Å²) in [6.07, 6.45) is 1.25. The van der Waals surface area contributed by atoms with Gasteiger partial charge >= 0.3 is 12.0 Å². The lowest BCUT2D eigenvalue weighted by Gasteiger charge is -2.30. The van der Waals surface area contributed by atoms with Crippen LogP contribution in [0.5, 0.6) is 0 Å². The van der Waals surface area contributed by atoms with Gasteiger partial charge in [0.2, 0.25) is 0 Å². The highest BCUT2D eigenvalue weighted by atomic mass is 79.9. The average molecular weight is 345 g/mol. The number of aliphatic carboxylic acids is 1. The van der Waals surface area contributed by atoms with Gasteiger partial charge in [-0.1, -0.05) is 0 Å². The predicted octanol–water partition coefficient (Wildman–Crippen LogP) is 2.92. The molecule has 2 rings (SSSR count). The average Bonchev–Trinajstić information content (AvgIpc) is 2.43. The Kier molecular flexibility index (Phi) is 4.59. The molecule has 1 saturated heterocycles. The maximum absolute atomic E-state index is 13.1. The number of likely N-dealkylation sites (tertiary alicyclic amines) is 1. The summed E-state index contributed by atoms with van der Waals surface area (Å²) < 4.78 is 13.4. The van der Waals surface area contributed by atoms with Gasteiger partial charge in [0.15, 0.2) is 0 Å². The summed E-state index contributed by atoms with van der Waals surface area (Å²) in [6, 6.07) is 3.80. The number of rotatable bonds is 2. The molecule has 0 aliphatic carbocycles. The second-order valence-electron chi connectivity index (χ2n) is 4.68. The third-order valence-electron chi connectivity index (χ3n) is 3.23. The quantitative estimate of drug-likeness (QED) is 0.866. The van der Waals surface area contributed by atoms with Crippen molar-refractivity contribution in [3.63, 3.8) is 0 Å². The standard InChI is InChI=1S/C13H14BrFN2O3/c14-10-6-9(3-4-11(10)15)16-13(20)17-5-1-2-8(7-17)12(18)19/h3-4,6,8H,1-2,5,7H2,(H,16,20)(H,18,19)/t8-/m0/s1. The van der Waals surface area contributed by atoms with Gasteiger partial charge in [0.1, 0.15) is 5.82 Å². The summed E-state index contributed by atoms with van der Waals surface area (Å²) in [5.74, 6) is -1.81. The highest BCUT2D eigenvalue weighted by molar-refractivity contribution is 9.10. The van der Waals surface area contributed by atoms with Crippen molar-refractivity contribution in [2.45, 2.75) is 12.8 Å². The third-order valence-corrected chi connectivity index (χ3v) is 3.84. The number of hydrogen-bond donors (Lipinski definition) is 2. The number of anilines is 1. The molecule has 0 unspecified atom stereocenters. The molecule has 1 aliphatic heterocycles. The van der Waals surface area contributed by atoms with Gasteiger partial charge in [-0.15, -0.1) is 0 Å². The lowest BCUT2D eigenvalue weighted by Crippen LogP contribution is -2.44. The normalized spacial score (nSPS) is 18.7. The van der Waals surface area contributed by atoms with E-state index in [0.717, 1.165) is 0 Å². The zero-order chi connectivity index (χ0) is 14.7. The van der Waals surface area contributed by atoms with Crippen molar-refractivity contribution in [2.24, 2.45) is 5.92 Å². The maximum Gasteiger partial charge on any atom is 0.321 e. The van der Waals surface area contributed by atoms with Crippen molar-refractivity contribution >= 4 is 33.6 Å². The van der Waals surface area contributed by atoms with Crippen LogP contribution in [0.3, 0.4) is 0 Å². The van der Waals surface area contributed by atoms with Gasteiger partial charge in [0.25, 0.3) is 0 Å². The molecule has 0 aromatic heterocycles. The van der Waals surface area contributed by atoms with Gasteiger partial charge in [-0.3, -0.25) is 4.79 Å². The van der Waals surface area contributed by atoms with Gasteiger partial charge < -0.3 is 15.3 Å². The molecule has 1 fully saturated rings. The first-order valence-electron chi connectivity index (χ1n) is 6.21. The minimum absolute atomic E-state index is 0.198. The van der Waals surface area contributed by atoms with Crippen LogP contribution >= 0.6 is 15.9 Å². The molecule has 1 heterocycles. The van der Waals surface area contributed by atoms with Crippen LogP contribution in [-0.4, -0.2) is 35.1 Å². The molecular weight excluding hydrogens is 331 g/mol. The Morgan fingerprint density at radius 1 is 1.45 bits per heavy atom. The topological polar surface area (TPSA) is 69.6 Å². The fraction of sp³-hybridized carbons (Fsp3) is 0.385. The van der Waals surface area contributed by atoms with Crippen LogP contribution in [0.15, 0.2) is 22.7 Å². The SMILES string of the molecule is O=C(O)[C@H]1CCCN(C(=O)Nc2ccc(F)c(Br)c2)C1. The van der Waals surface area contributed by atoms with Crippen LogP contribution in [-0.2, 0) is 4.79 Å². The molecular formula is C13H14BrFN2O3. The summed E-state index contributed by atoms with van der Waals surface area (Å²) in [5.41, 5.74) is 0.459. The molecule has 2 N–H and O–H groups in total. The first-order chi connectivity index (χ1) is 9.47. The van der Waals surface area contributed by atoms with Crippen molar-refractivity contribution in [3.05, 3.63) is 28.5 Å². The molecule has 5 nitrogen and oxygen atoms in total. The molecule has 7 heteroatoms. The van der Waals surface area contributed by atoms with Crippen molar-refractivity contribution < 1.29 is 19.1 Å². The first-order valence-corrected chi connectivity index (χ1v) is 7.00. The number of amides is 2. The van der Waals surface area contributed by atoms with Gasteiger partial charge in [-0.05, 0) is 47.0 Å². The van der Waals surface area contributed by atoms with Crippen LogP contribution < -0.4 is 5.32 Å². The van der Waals surface area contributed by atoms with Crippen LogP contribution in [0.4, 0.5) is 14.9 Å². The zero-order valence-electron chi connectivity index (χ0n) is 10.6. The van der Waals surface area contributed by atoms with E-state index >= 15 is 0 Å². The fourth-order valence-corrected chi connectivity index (χ4v) is 2.52. The second kappa shape index (κ2) is 6.21. The van der Waals surface area contributed by atoms with Crippen LogP contribution in [0.1, 0.15) is 12.8 Å². The molecule has 20 heavy (non-hydrogen) atoms. The van der Waals surface area contributed by atoms with E-state index < -0.39 is 17.7 Å². The van der Waals surface area contributed by atoms with E-state index in [1.165, 1.54) is 23.1 Å². The Bertz CT molecular complexity index is 538. The number of piperidine rings is 1. The summed E-state index contributed by atoms with van der Waals surface area (Å²) in [6.45, 7) is 0.724. The Morgan fingerprint density at radius 2 is 2.20 bits per heavy atom. The Balaban J connectivity index is 2.00. The smallest absolute Gasteiger partial charge is 0.321 e. The van der Waals surface area contributed by atoms with E-state index in [1.54, 1.807) is 0 Å². The summed E-state index contributed by atoms with van der Waals surface area (Å²) >= 11 is 3.04. The van der Waals surface area contributed by atoms with Gasteiger partial charge in [-0.25, -0.2) is 9.18 Å². The van der Waals surface area contributed by atoms with Crippen molar-refractivity contribution in [1.82, 2.24) is 4.90 Å². The van der Waals surface area contributed by atoms with E-state index in [0.29, 0.717) is 25.1 Å². The van der Waals surface area contributed by atoms with Gasteiger partial charge in [0, 0.05) is 18.8 Å². The number of carboxylic acid groups (broad SMARTS) is 1. The molecule has 0 saturated carbocycles. The number of halogens is 2. The van der Waals surface area contributed by atoms with E-state index in [2.05, 4.69) is 21.2 Å². The Morgan fingerprint density at radius 3 is 2.85 bits per heavy atom. The van der Waals surface area contributed by atoms with Crippen LogP contribution in [0.25, 0.3) is 0 Å². The molecule has 1 aromatic rings. The minimum Gasteiger partial charge on any atom is -0.481 e. The first kappa shape index (κ1) is 14.8. The summed E-state index contributed by atoms with van der Waals surface area (Å²) in [5, 5.41) is 11.6. The third kappa shape index (κ3) is 3.47. The lowest BCUT2D eigenvalue weighted by molar-refractivity contribution is -0.143. The molecule has 0 spiro atoms. The van der Waals surface area contributed by atoms with Crippen molar-refractivity contribution in [3.8, 4) is 0 Å². The Labute approximate surface area is 123 Å². The number of urea groups is 1. The summed E-state index contributed by atoms with van der Waals surface area (Å²) in [7, 11) is 0. The molecule has 1 atom stereocenters. The molecule has 0 bridgehead atoms. The lowest BCUT2D eigenvalue weighted by atomic mass is 9.99. The molecule has 1 aliphatic rings. The second-order valence-corrected chi connectivity index (χ2v) is 5.54. The van der Waals surface area contributed by atoms with Gasteiger partial charge in [-0.2, -0.15) is 0 Å². The predicted molar refractivity (Wildman–Crippen MR) is 75.1 cm³/mol. The number of carbonyl (C=O) groups is 2. The van der Waals surface area contributed by atoms with Crippen molar-refractivity contribution in [2.75, 3.05) is 18.4 Å². The number of nitrogens with one attached hydrogen (secondary N) is 1. The number of carboxylic acids is 1. The van der Waals surface area contributed by atoms with Crippen molar-refractivity contribution in [1.29, 1.82) is 0 Å². The van der Waals surface area contributed by atoms with Gasteiger partial charge in [0.05, 0.1) is 10.4 Å². The van der Waals surface area contributed by atoms with E-state index in [9.17, 15) is 14.0 Å². The largest absolute Gasteiger partial charge is 0.481 e. The van der Waals surface area contributed by atoms with Crippen LogP contribution in [0, 0.1) is 11.7 Å². The Hall–Kier alpha value is -1.63. The number of hydrogen-bond acceptors (Lipinski definition) is 2. The zero-order valence-corrected chi connectivity index (χ0v) is 12.2. The van der Waals surface area contributed by atoms with E-state index in [1.807, 2.05) is 0 Å². The maximum atomic E-state index is 13.1. The fourth-order valence-electron chi connectivity index (χ4n) is 2.14. The molecule has 108 valence electrons. The molecule has 0 radical (unpaired) electrons.